The standard InChI is InChI=1S/C9H11NOS2/c1-6(12)9(11)7-3-2-4-8(5-7)10-13/h2-6,10,12-13H,1H3. The first-order valence-corrected chi connectivity index (χ1v) is 4.84. The van der Waals surface area contributed by atoms with E-state index in [1.165, 1.54) is 0 Å². The van der Waals surface area contributed by atoms with Crippen molar-refractivity contribution in [1.82, 2.24) is 0 Å². The van der Waals surface area contributed by atoms with Gasteiger partial charge >= 0.3 is 0 Å². The SMILES string of the molecule is CC(S)C(=O)c1cccc(NS)c1. The third-order valence-corrected chi connectivity index (χ3v) is 2.15. The van der Waals surface area contributed by atoms with Crippen LogP contribution in [0.25, 0.3) is 0 Å². The normalized spacial score (nSPS) is 12.2. The third kappa shape index (κ3) is 2.67. The Bertz CT molecular complexity index is 312. The molecule has 70 valence electrons. The second-order valence-electron chi connectivity index (χ2n) is 2.73. The number of nitrogens with one attached hydrogen (secondary N) is 1. The van der Waals surface area contributed by atoms with Crippen molar-refractivity contribution >= 4 is 36.9 Å². The number of anilines is 1. The summed E-state index contributed by atoms with van der Waals surface area (Å²) in [6.07, 6.45) is 0. The fraction of sp³-hybridized carbons (Fsp3) is 0.222. The number of ketones is 1. The van der Waals surface area contributed by atoms with Gasteiger partial charge in [0.15, 0.2) is 5.78 Å². The van der Waals surface area contributed by atoms with Gasteiger partial charge in [-0.3, -0.25) is 4.79 Å². The number of benzene rings is 1. The average Bonchev–Trinajstić information content (AvgIpc) is 2.16. The molecule has 13 heavy (non-hydrogen) atoms. The molecule has 0 radical (unpaired) electrons. The van der Waals surface area contributed by atoms with Gasteiger partial charge in [-0.25, -0.2) is 0 Å². The Morgan fingerprint density at radius 1 is 1.54 bits per heavy atom. The van der Waals surface area contributed by atoms with Crippen LogP contribution in [0.3, 0.4) is 0 Å². The molecule has 0 aromatic heterocycles. The molecule has 0 heterocycles. The highest BCUT2D eigenvalue weighted by molar-refractivity contribution is 7.82. The highest BCUT2D eigenvalue weighted by Gasteiger charge is 2.10. The van der Waals surface area contributed by atoms with E-state index in [9.17, 15) is 4.79 Å². The Morgan fingerprint density at radius 3 is 2.77 bits per heavy atom. The summed E-state index contributed by atoms with van der Waals surface area (Å²) < 4.78 is 2.68. The Labute approximate surface area is 88.7 Å². The van der Waals surface area contributed by atoms with E-state index in [0.29, 0.717) is 5.56 Å². The minimum Gasteiger partial charge on any atom is -0.332 e. The van der Waals surface area contributed by atoms with Gasteiger partial charge in [-0.15, -0.1) is 0 Å². The van der Waals surface area contributed by atoms with Gasteiger partial charge in [0.25, 0.3) is 0 Å². The van der Waals surface area contributed by atoms with Crippen molar-refractivity contribution in [3.8, 4) is 0 Å². The first-order chi connectivity index (χ1) is 6.15. The van der Waals surface area contributed by atoms with Crippen LogP contribution >= 0.6 is 25.4 Å². The van der Waals surface area contributed by atoms with Gasteiger partial charge in [0.05, 0.1) is 5.25 Å². The van der Waals surface area contributed by atoms with Crippen molar-refractivity contribution in [2.24, 2.45) is 0 Å². The van der Waals surface area contributed by atoms with Gasteiger partial charge in [-0.1, -0.05) is 24.9 Å². The van der Waals surface area contributed by atoms with Crippen LogP contribution in [-0.4, -0.2) is 11.0 Å². The van der Waals surface area contributed by atoms with Crippen molar-refractivity contribution in [2.75, 3.05) is 4.72 Å². The van der Waals surface area contributed by atoms with Crippen molar-refractivity contribution in [3.05, 3.63) is 29.8 Å². The minimum atomic E-state index is -0.268. The number of carbonyl (C=O) groups is 1. The topological polar surface area (TPSA) is 29.1 Å². The number of carbonyl (C=O) groups excluding carboxylic acids is 1. The quantitative estimate of drug-likeness (QED) is 0.532. The van der Waals surface area contributed by atoms with Gasteiger partial charge in [0.1, 0.15) is 0 Å². The summed E-state index contributed by atoms with van der Waals surface area (Å²) in [5.74, 6) is 0.0220. The summed E-state index contributed by atoms with van der Waals surface area (Å²) in [6.45, 7) is 1.76. The molecule has 1 unspecified atom stereocenters. The molecular formula is C9H11NOS2. The van der Waals surface area contributed by atoms with E-state index < -0.39 is 0 Å². The largest absolute Gasteiger partial charge is 0.332 e. The summed E-state index contributed by atoms with van der Waals surface area (Å²) in [6, 6.07) is 7.17. The lowest BCUT2D eigenvalue weighted by Crippen LogP contribution is -2.10. The summed E-state index contributed by atoms with van der Waals surface area (Å²) in [7, 11) is 0. The molecule has 4 heteroatoms. The third-order valence-electron chi connectivity index (χ3n) is 1.66. The lowest BCUT2D eigenvalue weighted by Gasteiger charge is -2.05. The summed E-state index contributed by atoms with van der Waals surface area (Å²) in [5.41, 5.74) is 1.46. The zero-order chi connectivity index (χ0) is 9.84. The van der Waals surface area contributed by atoms with Gasteiger partial charge < -0.3 is 4.72 Å². The summed E-state index contributed by atoms with van der Waals surface area (Å²) >= 11 is 7.98. The summed E-state index contributed by atoms with van der Waals surface area (Å²) in [5, 5.41) is -0.268. The number of Topliss-reactive ketones (excluding diaryl/α,β-unsaturated/α-hetero) is 1. The molecule has 0 aliphatic heterocycles. The lowest BCUT2D eigenvalue weighted by molar-refractivity contribution is 0.0994. The van der Waals surface area contributed by atoms with Crippen LogP contribution in [0.15, 0.2) is 24.3 Å². The second-order valence-corrected chi connectivity index (χ2v) is 3.73. The molecule has 1 rings (SSSR count). The maximum atomic E-state index is 11.5. The first-order valence-electron chi connectivity index (χ1n) is 3.87. The van der Waals surface area contributed by atoms with Gasteiger partial charge in [0.2, 0.25) is 0 Å². The molecule has 0 aliphatic rings. The van der Waals surface area contributed by atoms with Crippen LogP contribution in [0, 0.1) is 0 Å². The molecule has 1 N–H and O–H groups in total. The molecule has 2 nitrogen and oxygen atoms in total. The van der Waals surface area contributed by atoms with E-state index in [-0.39, 0.29) is 11.0 Å². The van der Waals surface area contributed by atoms with Crippen molar-refractivity contribution in [2.45, 2.75) is 12.2 Å². The van der Waals surface area contributed by atoms with Crippen molar-refractivity contribution in [3.63, 3.8) is 0 Å². The Balaban J connectivity index is 2.95. The molecule has 1 atom stereocenters. The molecule has 1 aromatic carbocycles. The Hall–Kier alpha value is -0.610. The monoisotopic (exact) mass is 213 g/mol. The van der Waals surface area contributed by atoms with Gasteiger partial charge in [-0.05, 0) is 19.1 Å². The molecule has 0 saturated carbocycles. The fourth-order valence-corrected chi connectivity index (χ4v) is 1.27. The Morgan fingerprint density at radius 2 is 2.23 bits per heavy atom. The highest BCUT2D eigenvalue weighted by Crippen LogP contribution is 2.14. The number of rotatable bonds is 3. The molecule has 0 amide bonds. The van der Waals surface area contributed by atoms with E-state index in [4.69, 9.17) is 0 Å². The van der Waals surface area contributed by atoms with Crippen LogP contribution < -0.4 is 4.72 Å². The smallest absolute Gasteiger partial charge is 0.175 e. The molecule has 1 aromatic rings. The van der Waals surface area contributed by atoms with E-state index >= 15 is 0 Å². The Kier molecular flexibility index (Phi) is 3.69. The first kappa shape index (κ1) is 10.5. The lowest BCUT2D eigenvalue weighted by atomic mass is 10.1. The van der Waals surface area contributed by atoms with Crippen LogP contribution in [0.1, 0.15) is 17.3 Å². The number of hydrogen-bond acceptors (Lipinski definition) is 4. The minimum absolute atomic E-state index is 0.0220. The number of hydrogen-bond donors (Lipinski definition) is 3. The molecule has 0 saturated heterocycles. The van der Waals surface area contributed by atoms with Crippen LogP contribution in [-0.2, 0) is 0 Å². The van der Waals surface area contributed by atoms with E-state index in [1.807, 2.05) is 12.1 Å². The van der Waals surface area contributed by atoms with Crippen molar-refractivity contribution in [1.29, 1.82) is 0 Å². The maximum absolute atomic E-state index is 11.5. The molecule has 0 bridgehead atoms. The van der Waals surface area contributed by atoms with E-state index in [0.717, 1.165) is 5.69 Å². The predicted octanol–water partition coefficient (Wildman–Crippen LogP) is 2.44. The average molecular weight is 213 g/mol. The zero-order valence-electron chi connectivity index (χ0n) is 7.19. The number of thiol groups is 2. The predicted molar refractivity (Wildman–Crippen MR) is 61.8 cm³/mol. The fourth-order valence-electron chi connectivity index (χ4n) is 0.983. The molecule has 0 aliphatic carbocycles. The zero-order valence-corrected chi connectivity index (χ0v) is 8.98. The van der Waals surface area contributed by atoms with Crippen LogP contribution in [0.4, 0.5) is 5.69 Å². The summed E-state index contributed by atoms with van der Waals surface area (Å²) in [4.78, 5) is 11.5. The second kappa shape index (κ2) is 4.58. The van der Waals surface area contributed by atoms with E-state index in [1.54, 1.807) is 19.1 Å². The van der Waals surface area contributed by atoms with Gasteiger partial charge in [0, 0.05) is 11.3 Å². The molecular weight excluding hydrogens is 202 g/mol. The molecule has 0 fully saturated rings. The van der Waals surface area contributed by atoms with E-state index in [2.05, 4.69) is 30.2 Å². The highest BCUT2D eigenvalue weighted by atomic mass is 32.1. The van der Waals surface area contributed by atoms with Crippen LogP contribution in [0.2, 0.25) is 0 Å². The van der Waals surface area contributed by atoms with Crippen LogP contribution in [0.5, 0.6) is 0 Å². The maximum Gasteiger partial charge on any atom is 0.175 e. The van der Waals surface area contributed by atoms with Gasteiger partial charge in [-0.2, -0.15) is 12.6 Å². The van der Waals surface area contributed by atoms with Crippen molar-refractivity contribution < 1.29 is 4.79 Å². The molecule has 0 spiro atoms.